The number of rotatable bonds is 5. The maximum absolute atomic E-state index is 15.4. The van der Waals surface area contributed by atoms with E-state index in [1.165, 1.54) is 12.1 Å². The van der Waals surface area contributed by atoms with Crippen molar-refractivity contribution in [3.05, 3.63) is 193 Å². The molecule has 0 unspecified atom stereocenters. The lowest BCUT2D eigenvalue weighted by molar-refractivity contribution is -0.142. The minimum absolute atomic E-state index is 0.000345. The molecule has 0 aliphatic rings. The molecular formula is C51H29F6N3. The fraction of sp³-hybridized carbons (Fsp3) is 0.0392. The molecule has 10 rings (SSSR count). The highest BCUT2D eigenvalue weighted by Crippen LogP contribution is 2.48. The minimum atomic E-state index is -5.20. The highest BCUT2D eigenvalue weighted by atomic mass is 19.4. The van der Waals surface area contributed by atoms with Crippen molar-refractivity contribution in [1.82, 2.24) is 9.13 Å². The summed E-state index contributed by atoms with van der Waals surface area (Å²) in [6, 6.07) is 53.2. The van der Waals surface area contributed by atoms with Crippen LogP contribution in [0.1, 0.15) is 16.7 Å². The van der Waals surface area contributed by atoms with Gasteiger partial charge < -0.3 is 9.13 Å². The SMILES string of the molecule is N#Cc1cc(-n2c3ccccc3c3cc(-c4ccccc4)ccc32)c(-c2ccc(C(F)(F)F)cc2C(F)(F)F)c(-n2c3ccccc3c3cc(-c4ccccc4)ccc32)c1. The van der Waals surface area contributed by atoms with Gasteiger partial charge in [0, 0.05) is 27.1 Å². The molecule has 0 saturated heterocycles. The predicted molar refractivity (Wildman–Crippen MR) is 226 cm³/mol. The molecule has 2 aromatic heterocycles. The molecule has 0 amide bonds. The van der Waals surface area contributed by atoms with Gasteiger partial charge >= 0.3 is 12.4 Å². The lowest BCUT2D eigenvalue weighted by Gasteiger charge is -2.24. The van der Waals surface area contributed by atoms with E-state index >= 15 is 13.2 Å². The number of halogens is 6. The van der Waals surface area contributed by atoms with Crippen LogP contribution in [-0.4, -0.2) is 9.13 Å². The van der Waals surface area contributed by atoms with Gasteiger partial charge in [-0.3, -0.25) is 0 Å². The van der Waals surface area contributed by atoms with Gasteiger partial charge in [-0.25, -0.2) is 0 Å². The summed E-state index contributed by atoms with van der Waals surface area (Å²) in [5.41, 5.74) is 3.48. The van der Waals surface area contributed by atoms with E-state index in [2.05, 4.69) is 6.07 Å². The number of nitrogens with zero attached hydrogens (tertiary/aromatic N) is 3. The van der Waals surface area contributed by atoms with E-state index in [4.69, 9.17) is 0 Å². The molecule has 10 aromatic rings. The zero-order valence-electron chi connectivity index (χ0n) is 31.4. The Morgan fingerprint density at radius 3 is 1.30 bits per heavy atom. The van der Waals surface area contributed by atoms with Crippen LogP contribution >= 0.6 is 0 Å². The Labute approximate surface area is 339 Å². The molecule has 0 radical (unpaired) electrons. The van der Waals surface area contributed by atoms with Gasteiger partial charge in [-0.2, -0.15) is 31.6 Å². The Morgan fingerprint density at radius 2 is 0.850 bits per heavy atom. The number of alkyl halides is 6. The van der Waals surface area contributed by atoms with E-state index in [0.29, 0.717) is 28.1 Å². The maximum atomic E-state index is 15.4. The van der Waals surface area contributed by atoms with Gasteiger partial charge in [0.05, 0.1) is 56.2 Å². The Morgan fingerprint density at radius 1 is 0.400 bits per heavy atom. The zero-order valence-corrected chi connectivity index (χ0v) is 31.4. The maximum Gasteiger partial charge on any atom is 0.417 e. The summed E-state index contributed by atoms with van der Waals surface area (Å²) in [7, 11) is 0. The molecule has 0 aliphatic heterocycles. The molecule has 8 aromatic carbocycles. The second-order valence-electron chi connectivity index (χ2n) is 14.7. The van der Waals surface area contributed by atoms with Crippen LogP contribution in [0.25, 0.3) is 88.4 Å². The van der Waals surface area contributed by atoms with Crippen LogP contribution < -0.4 is 0 Å². The fourth-order valence-corrected chi connectivity index (χ4v) is 8.56. The van der Waals surface area contributed by atoms with Crippen LogP contribution in [-0.2, 0) is 12.4 Å². The first-order valence-corrected chi connectivity index (χ1v) is 19.0. The number of benzene rings is 8. The topological polar surface area (TPSA) is 33.6 Å². The van der Waals surface area contributed by atoms with Crippen LogP contribution in [0.3, 0.4) is 0 Å². The highest BCUT2D eigenvalue weighted by molar-refractivity contribution is 6.13. The van der Waals surface area contributed by atoms with Gasteiger partial charge in [0.25, 0.3) is 0 Å². The van der Waals surface area contributed by atoms with Crippen molar-refractivity contribution >= 4 is 43.6 Å². The van der Waals surface area contributed by atoms with Crippen molar-refractivity contribution in [2.45, 2.75) is 12.4 Å². The van der Waals surface area contributed by atoms with E-state index in [-0.39, 0.29) is 28.6 Å². The van der Waals surface area contributed by atoms with Crippen LogP contribution in [0, 0.1) is 11.3 Å². The molecule has 0 saturated carbocycles. The third-order valence-electron chi connectivity index (χ3n) is 11.2. The highest BCUT2D eigenvalue weighted by Gasteiger charge is 2.40. The molecule has 60 heavy (non-hydrogen) atoms. The number of aromatic nitrogens is 2. The number of nitriles is 1. The van der Waals surface area contributed by atoms with Crippen LogP contribution in [0.2, 0.25) is 0 Å². The Bertz CT molecular complexity index is 3170. The average Bonchev–Trinajstić information content (AvgIpc) is 3.78. The lowest BCUT2D eigenvalue weighted by atomic mass is 9.92. The fourth-order valence-electron chi connectivity index (χ4n) is 8.56. The second-order valence-corrected chi connectivity index (χ2v) is 14.7. The first kappa shape index (κ1) is 36.7. The second kappa shape index (κ2) is 13.8. The molecule has 0 aliphatic carbocycles. The van der Waals surface area contributed by atoms with E-state index in [1.807, 2.05) is 155 Å². The average molecular weight is 798 g/mol. The summed E-state index contributed by atoms with van der Waals surface area (Å²) >= 11 is 0. The van der Waals surface area contributed by atoms with Gasteiger partial charge in [-0.05, 0) is 88.5 Å². The summed E-state index contributed by atoms with van der Waals surface area (Å²) in [5, 5.41) is 13.9. The van der Waals surface area contributed by atoms with E-state index in [9.17, 15) is 18.4 Å². The summed E-state index contributed by atoms with van der Waals surface area (Å²) in [4.78, 5) is 0. The summed E-state index contributed by atoms with van der Waals surface area (Å²) < 4.78 is 92.4. The van der Waals surface area contributed by atoms with Gasteiger partial charge in [-0.1, -0.05) is 115 Å². The summed E-state index contributed by atoms with van der Waals surface area (Å²) in [6.07, 6.45) is -10.2. The summed E-state index contributed by atoms with van der Waals surface area (Å²) in [5.74, 6) is 0. The molecule has 290 valence electrons. The van der Waals surface area contributed by atoms with Crippen LogP contribution in [0.5, 0.6) is 0 Å². The minimum Gasteiger partial charge on any atom is -0.308 e. The molecule has 0 spiro atoms. The number of fused-ring (bicyclic) bond motifs is 6. The van der Waals surface area contributed by atoms with Crippen molar-refractivity contribution in [1.29, 1.82) is 5.26 Å². The Balaban J connectivity index is 1.37. The number of hydrogen-bond donors (Lipinski definition) is 0. The van der Waals surface area contributed by atoms with Crippen LogP contribution in [0.4, 0.5) is 26.3 Å². The molecule has 0 bridgehead atoms. The molecular weight excluding hydrogens is 769 g/mol. The Kier molecular flexibility index (Phi) is 8.44. The van der Waals surface area contributed by atoms with Crippen molar-refractivity contribution in [2.75, 3.05) is 0 Å². The van der Waals surface area contributed by atoms with Crippen molar-refractivity contribution < 1.29 is 26.3 Å². The molecule has 9 heteroatoms. The smallest absolute Gasteiger partial charge is 0.308 e. The number of hydrogen-bond acceptors (Lipinski definition) is 1. The van der Waals surface area contributed by atoms with Crippen molar-refractivity contribution in [2.24, 2.45) is 0 Å². The standard InChI is InChI=1S/C51H29F6N3/c52-50(53,54)36-21-22-39(42(29-36)51(55,56)57)49-47(59-43-17-9-7-15-37(43)40-27-34(19-23-45(40)59)32-11-3-1-4-12-32)25-31(30-58)26-48(49)60-44-18-10-8-16-38(44)41-28-35(20-24-46(41)60)33-13-5-2-6-14-33/h1-29H. The van der Waals surface area contributed by atoms with E-state index < -0.39 is 29.0 Å². The largest absolute Gasteiger partial charge is 0.417 e. The summed E-state index contributed by atoms with van der Waals surface area (Å²) in [6.45, 7) is 0. The Hall–Kier alpha value is -7.57. The molecule has 3 nitrogen and oxygen atoms in total. The van der Waals surface area contributed by atoms with Gasteiger partial charge in [0.1, 0.15) is 0 Å². The zero-order chi connectivity index (χ0) is 41.3. The quantitative estimate of drug-likeness (QED) is 0.160. The van der Waals surface area contributed by atoms with Crippen molar-refractivity contribution in [3.63, 3.8) is 0 Å². The third-order valence-corrected chi connectivity index (χ3v) is 11.2. The molecule has 0 fully saturated rings. The lowest BCUT2D eigenvalue weighted by Crippen LogP contribution is -2.14. The number of para-hydroxylation sites is 2. The monoisotopic (exact) mass is 797 g/mol. The molecule has 0 N–H and O–H groups in total. The van der Waals surface area contributed by atoms with E-state index in [0.717, 1.165) is 49.9 Å². The van der Waals surface area contributed by atoms with Crippen LogP contribution in [0.15, 0.2) is 176 Å². The van der Waals surface area contributed by atoms with Gasteiger partial charge in [0.15, 0.2) is 0 Å². The van der Waals surface area contributed by atoms with Crippen molar-refractivity contribution in [3.8, 4) is 50.8 Å². The first-order chi connectivity index (χ1) is 29.0. The predicted octanol–water partition coefficient (Wildman–Crippen LogP) is 14.8. The third kappa shape index (κ3) is 5.99. The first-order valence-electron chi connectivity index (χ1n) is 19.0. The van der Waals surface area contributed by atoms with Gasteiger partial charge in [-0.15, -0.1) is 0 Å². The normalized spacial score (nSPS) is 12.2. The molecule has 2 heterocycles. The molecule has 0 atom stereocenters. The van der Waals surface area contributed by atoms with E-state index in [1.54, 1.807) is 0 Å². The van der Waals surface area contributed by atoms with Gasteiger partial charge in [0.2, 0.25) is 0 Å².